The third-order valence-electron chi connectivity index (χ3n) is 6.81. The summed E-state index contributed by atoms with van der Waals surface area (Å²) in [5.74, 6) is -1.04. The SMILES string of the molecule is C[C@H]1COCCN1C(=O)/C=C/c1c[nH]n2c(=O)c(C(=O)NC3CC3)c(O)[n+](CC3(C)CC3)c12. The molecule has 0 aromatic carbocycles. The van der Waals surface area contributed by atoms with E-state index in [1.807, 2.05) is 6.92 Å². The number of rotatable bonds is 6. The molecule has 2 aliphatic carbocycles. The molecule has 1 atom stereocenters. The summed E-state index contributed by atoms with van der Waals surface area (Å²) in [5, 5.41) is 16.8. The maximum atomic E-state index is 13.2. The highest BCUT2D eigenvalue weighted by Gasteiger charge is 2.43. The number of hydrogen-bond acceptors (Lipinski definition) is 5. The molecule has 0 bridgehead atoms. The fourth-order valence-corrected chi connectivity index (χ4v) is 4.28. The first kappa shape index (κ1) is 21.7. The predicted octanol–water partition coefficient (Wildman–Crippen LogP) is 0.574. The lowest BCUT2D eigenvalue weighted by Crippen LogP contribution is -2.46. The number of fused-ring (bicyclic) bond motifs is 1. The second kappa shape index (κ2) is 8.02. The maximum Gasteiger partial charge on any atom is 0.378 e. The molecule has 2 amide bonds. The molecule has 5 rings (SSSR count). The van der Waals surface area contributed by atoms with E-state index in [1.165, 1.54) is 10.6 Å². The lowest BCUT2D eigenvalue weighted by atomic mass is 10.1. The summed E-state index contributed by atoms with van der Waals surface area (Å²) in [4.78, 5) is 40.4. The van der Waals surface area contributed by atoms with Gasteiger partial charge in [0.1, 0.15) is 0 Å². The smallest absolute Gasteiger partial charge is 0.378 e. The zero-order valence-electron chi connectivity index (χ0n) is 19.0. The summed E-state index contributed by atoms with van der Waals surface area (Å²) in [6.07, 6.45) is 8.47. The largest absolute Gasteiger partial charge is 0.477 e. The maximum absolute atomic E-state index is 13.2. The summed E-state index contributed by atoms with van der Waals surface area (Å²) in [7, 11) is 0. The topological polar surface area (TPSA) is 120 Å². The van der Waals surface area contributed by atoms with Crippen molar-refractivity contribution in [3.8, 4) is 5.88 Å². The monoisotopic (exact) mass is 456 g/mol. The molecule has 2 aromatic heterocycles. The number of nitrogens with one attached hydrogen (secondary N) is 2. The number of H-pyrrole nitrogens is 1. The number of nitrogens with zero attached hydrogens (tertiary/aromatic N) is 3. The summed E-state index contributed by atoms with van der Waals surface area (Å²) >= 11 is 0. The van der Waals surface area contributed by atoms with Crippen LogP contribution in [0.25, 0.3) is 11.7 Å². The van der Waals surface area contributed by atoms with Gasteiger partial charge in [0.05, 0.1) is 37.6 Å². The molecule has 10 nitrogen and oxygen atoms in total. The van der Waals surface area contributed by atoms with Crippen LogP contribution in [0.2, 0.25) is 0 Å². The van der Waals surface area contributed by atoms with Gasteiger partial charge in [0.15, 0.2) is 0 Å². The summed E-state index contributed by atoms with van der Waals surface area (Å²) in [5.41, 5.74) is 0.106. The van der Waals surface area contributed by atoms with Gasteiger partial charge in [0.25, 0.3) is 5.91 Å². The Bertz CT molecular complexity index is 1200. The van der Waals surface area contributed by atoms with Crippen molar-refractivity contribution in [1.82, 2.24) is 19.8 Å². The highest BCUT2D eigenvalue weighted by atomic mass is 16.5. The molecule has 10 heteroatoms. The van der Waals surface area contributed by atoms with Gasteiger partial charge in [-0.1, -0.05) is 11.4 Å². The minimum Gasteiger partial charge on any atom is -0.477 e. The molecule has 0 spiro atoms. The van der Waals surface area contributed by atoms with Crippen LogP contribution in [0.1, 0.15) is 55.5 Å². The Kier molecular flexibility index (Phi) is 5.27. The van der Waals surface area contributed by atoms with Crippen molar-refractivity contribution in [2.24, 2.45) is 5.41 Å². The molecule has 0 radical (unpaired) electrons. The van der Waals surface area contributed by atoms with Crippen molar-refractivity contribution < 1.29 is 24.0 Å². The average molecular weight is 457 g/mol. The number of aromatic amines is 1. The van der Waals surface area contributed by atoms with E-state index in [4.69, 9.17) is 4.74 Å². The van der Waals surface area contributed by atoms with Crippen LogP contribution in [0, 0.1) is 5.41 Å². The standard InChI is InChI=1S/C23H29N5O5/c1-14-12-33-10-9-26(14)17(29)6-3-15-11-24-28-20(15)27(13-23(2)7-8-23)21(31)18(22(28)32)19(30)25-16-4-5-16/h3,6,11,14,16H,4-5,7-10,12-13H2,1-2H3,(H2,25,30,31,32)/p+1/b6-3+/t14-/m0/s1. The van der Waals surface area contributed by atoms with E-state index in [0.717, 1.165) is 25.7 Å². The summed E-state index contributed by atoms with van der Waals surface area (Å²) < 4.78 is 8.29. The number of carbonyl (C=O) groups excluding carboxylic acids is 2. The molecule has 1 aliphatic heterocycles. The van der Waals surface area contributed by atoms with Crippen LogP contribution in [-0.4, -0.2) is 63.3 Å². The van der Waals surface area contributed by atoms with Crippen molar-refractivity contribution in [3.05, 3.63) is 33.8 Å². The van der Waals surface area contributed by atoms with Gasteiger partial charge in [0, 0.05) is 24.1 Å². The first-order chi connectivity index (χ1) is 15.8. The van der Waals surface area contributed by atoms with Crippen molar-refractivity contribution in [2.45, 2.75) is 58.2 Å². The number of morpholine rings is 1. The molecule has 33 heavy (non-hydrogen) atoms. The molecule has 2 saturated carbocycles. The van der Waals surface area contributed by atoms with Gasteiger partial charge >= 0.3 is 17.1 Å². The van der Waals surface area contributed by atoms with E-state index in [2.05, 4.69) is 17.3 Å². The number of hydrogen-bond donors (Lipinski definition) is 3. The van der Waals surface area contributed by atoms with E-state index >= 15 is 0 Å². The lowest BCUT2D eigenvalue weighted by molar-refractivity contribution is -0.689. The van der Waals surface area contributed by atoms with Crippen LogP contribution >= 0.6 is 0 Å². The van der Waals surface area contributed by atoms with Crippen LogP contribution in [0.3, 0.4) is 0 Å². The fraction of sp³-hybridized carbons (Fsp3) is 0.565. The van der Waals surface area contributed by atoms with Crippen molar-refractivity contribution in [3.63, 3.8) is 0 Å². The van der Waals surface area contributed by atoms with Crippen LogP contribution in [-0.2, 0) is 16.1 Å². The van der Waals surface area contributed by atoms with E-state index in [1.54, 1.807) is 21.7 Å². The van der Waals surface area contributed by atoms with Gasteiger partial charge in [-0.25, -0.2) is 9.89 Å². The van der Waals surface area contributed by atoms with Crippen LogP contribution in [0.15, 0.2) is 17.1 Å². The normalized spacial score (nSPS) is 22.1. The highest BCUT2D eigenvalue weighted by molar-refractivity contribution is 5.96. The van der Waals surface area contributed by atoms with Crippen LogP contribution in [0.5, 0.6) is 5.88 Å². The molecular weight excluding hydrogens is 426 g/mol. The van der Waals surface area contributed by atoms with Crippen molar-refractivity contribution in [2.75, 3.05) is 19.8 Å². The van der Waals surface area contributed by atoms with Gasteiger partial charge in [-0.15, -0.1) is 0 Å². The Morgan fingerprint density at radius 1 is 1.39 bits per heavy atom. The molecule has 0 unspecified atom stereocenters. The molecule has 3 heterocycles. The number of amides is 2. The van der Waals surface area contributed by atoms with E-state index in [0.29, 0.717) is 37.5 Å². The molecule has 2 aromatic rings. The Labute approximate surface area is 190 Å². The van der Waals surface area contributed by atoms with Gasteiger partial charge in [-0.2, -0.15) is 4.57 Å². The van der Waals surface area contributed by atoms with Gasteiger partial charge < -0.3 is 20.1 Å². The first-order valence-corrected chi connectivity index (χ1v) is 11.5. The number of ether oxygens (including phenoxy) is 1. The Morgan fingerprint density at radius 3 is 2.82 bits per heavy atom. The summed E-state index contributed by atoms with van der Waals surface area (Å²) in [6, 6.07) is 0.0416. The molecule has 176 valence electrons. The number of aromatic nitrogens is 3. The number of aromatic hydroxyl groups is 1. The molecule has 3 fully saturated rings. The van der Waals surface area contributed by atoms with E-state index in [9.17, 15) is 19.5 Å². The first-order valence-electron chi connectivity index (χ1n) is 11.5. The third kappa shape index (κ3) is 4.15. The van der Waals surface area contributed by atoms with Gasteiger partial charge in [-0.05, 0) is 38.7 Å². The molecule has 1 saturated heterocycles. The minimum absolute atomic E-state index is 0.0123. The van der Waals surface area contributed by atoms with Crippen LogP contribution < -0.4 is 15.4 Å². The lowest BCUT2D eigenvalue weighted by Gasteiger charge is -2.32. The Morgan fingerprint density at radius 2 is 2.15 bits per heavy atom. The minimum atomic E-state index is -0.620. The Balaban J connectivity index is 1.55. The molecule has 3 N–H and O–H groups in total. The van der Waals surface area contributed by atoms with E-state index in [-0.39, 0.29) is 34.8 Å². The average Bonchev–Trinajstić information content (AvgIpc) is 3.69. The quantitative estimate of drug-likeness (QED) is 0.434. The Hall–Kier alpha value is -3.14. The van der Waals surface area contributed by atoms with Gasteiger partial charge in [-0.3, -0.25) is 9.59 Å². The second-order valence-electron chi connectivity index (χ2n) is 9.82. The van der Waals surface area contributed by atoms with Crippen molar-refractivity contribution in [1.29, 1.82) is 0 Å². The molecule has 3 aliphatic rings. The van der Waals surface area contributed by atoms with Gasteiger partial charge in [0.2, 0.25) is 11.5 Å². The van der Waals surface area contributed by atoms with Crippen molar-refractivity contribution >= 4 is 23.5 Å². The molecular formula is C23H30N5O5+. The third-order valence-corrected chi connectivity index (χ3v) is 6.81. The van der Waals surface area contributed by atoms with Crippen LogP contribution in [0.4, 0.5) is 0 Å². The summed E-state index contributed by atoms with van der Waals surface area (Å²) in [6.45, 7) is 6.03. The zero-order chi connectivity index (χ0) is 23.3. The fourth-order valence-electron chi connectivity index (χ4n) is 4.28. The van der Waals surface area contributed by atoms with E-state index < -0.39 is 11.5 Å². The number of carbonyl (C=O) groups is 2. The zero-order valence-corrected chi connectivity index (χ0v) is 19.0. The second-order valence-corrected chi connectivity index (χ2v) is 9.82. The highest BCUT2D eigenvalue weighted by Crippen LogP contribution is 2.45. The predicted molar refractivity (Wildman–Crippen MR) is 119 cm³/mol.